The zero-order valence-electron chi connectivity index (χ0n) is 12.3. The fraction of sp³-hybridized carbons (Fsp3) is 0.538. The van der Waals surface area contributed by atoms with Crippen molar-refractivity contribution in [1.29, 1.82) is 0 Å². The molecule has 0 saturated carbocycles. The first-order valence-electron chi connectivity index (χ1n) is 6.44. The topological polar surface area (TPSA) is 63.4 Å². The number of sulfonamides is 1. The van der Waals surface area contributed by atoms with Gasteiger partial charge in [-0.1, -0.05) is 30.1 Å². The summed E-state index contributed by atoms with van der Waals surface area (Å²) in [6.45, 7) is 2.12. The summed E-state index contributed by atoms with van der Waals surface area (Å²) >= 11 is 13.7. The zero-order valence-corrected chi connectivity index (χ0v) is 15.4. The maximum absolute atomic E-state index is 12.8. The van der Waals surface area contributed by atoms with Gasteiger partial charge in [0, 0.05) is 30.4 Å². The zero-order chi connectivity index (χ0) is 16.2. The van der Waals surface area contributed by atoms with Crippen LogP contribution in [0.1, 0.15) is 18.9 Å². The number of hydrogen-bond donors (Lipinski definition) is 1. The highest BCUT2D eigenvalue weighted by atomic mass is 35.5. The van der Waals surface area contributed by atoms with Crippen molar-refractivity contribution in [3.05, 3.63) is 27.7 Å². The lowest BCUT2D eigenvalue weighted by molar-refractivity contribution is 0.385. The van der Waals surface area contributed by atoms with Gasteiger partial charge in [-0.2, -0.15) is 16.1 Å². The number of rotatable bonds is 7. The largest absolute Gasteiger partial charge is 0.326 e. The Morgan fingerprint density at radius 3 is 2.43 bits per heavy atom. The minimum Gasteiger partial charge on any atom is -0.326 e. The third-order valence-electron chi connectivity index (χ3n) is 3.32. The van der Waals surface area contributed by atoms with Gasteiger partial charge in [-0.25, -0.2) is 8.42 Å². The molecular formula is C13H20Cl2N2O2S2. The second-order valence-electron chi connectivity index (χ2n) is 4.62. The monoisotopic (exact) mass is 370 g/mol. The number of nitrogens with two attached hydrogens (primary N) is 1. The highest BCUT2D eigenvalue weighted by Crippen LogP contribution is 2.31. The van der Waals surface area contributed by atoms with Crippen molar-refractivity contribution in [2.45, 2.75) is 30.8 Å². The van der Waals surface area contributed by atoms with Crippen LogP contribution in [0.3, 0.4) is 0 Å². The van der Waals surface area contributed by atoms with Gasteiger partial charge in [0.2, 0.25) is 10.0 Å². The van der Waals surface area contributed by atoms with Gasteiger partial charge in [0.1, 0.15) is 4.90 Å². The molecule has 1 rings (SSSR count). The first-order valence-corrected chi connectivity index (χ1v) is 10.0. The van der Waals surface area contributed by atoms with Crippen LogP contribution in [0.25, 0.3) is 0 Å². The van der Waals surface area contributed by atoms with Gasteiger partial charge >= 0.3 is 0 Å². The van der Waals surface area contributed by atoms with Gasteiger partial charge in [-0.3, -0.25) is 0 Å². The first-order chi connectivity index (χ1) is 9.79. The van der Waals surface area contributed by atoms with Gasteiger partial charge in [-0.05, 0) is 30.4 Å². The number of thioether (sulfide) groups is 1. The van der Waals surface area contributed by atoms with Crippen molar-refractivity contribution in [1.82, 2.24) is 4.31 Å². The van der Waals surface area contributed by atoms with E-state index >= 15 is 0 Å². The van der Waals surface area contributed by atoms with Crippen molar-refractivity contribution >= 4 is 45.0 Å². The van der Waals surface area contributed by atoms with Crippen molar-refractivity contribution in [3.8, 4) is 0 Å². The fourth-order valence-electron chi connectivity index (χ4n) is 1.95. The van der Waals surface area contributed by atoms with Crippen LogP contribution in [0.2, 0.25) is 10.0 Å². The quantitative estimate of drug-likeness (QED) is 0.799. The summed E-state index contributed by atoms with van der Waals surface area (Å²) < 4.78 is 26.9. The molecule has 0 fully saturated rings. The molecule has 1 aromatic rings. The van der Waals surface area contributed by atoms with Crippen LogP contribution in [0, 0.1) is 0 Å². The Balaban J connectivity index is 3.30. The van der Waals surface area contributed by atoms with Crippen LogP contribution in [0.4, 0.5) is 0 Å². The lowest BCUT2D eigenvalue weighted by Crippen LogP contribution is -2.38. The maximum atomic E-state index is 12.8. The Hall–Kier alpha value is 0.0200. The third-order valence-corrected chi connectivity index (χ3v) is 6.77. The third kappa shape index (κ3) is 4.27. The summed E-state index contributed by atoms with van der Waals surface area (Å²) in [5.74, 6) is 0.723. The highest BCUT2D eigenvalue weighted by Gasteiger charge is 2.29. The number of hydrogen-bond acceptors (Lipinski definition) is 4. The van der Waals surface area contributed by atoms with Crippen molar-refractivity contribution in [2.75, 3.05) is 19.1 Å². The summed E-state index contributed by atoms with van der Waals surface area (Å²) in [6, 6.07) is 2.81. The minimum atomic E-state index is -3.68. The van der Waals surface area contributed by atoms with E-state index in [4.69, 9.17) is 28.9 Å². The standard InChI is InChI=1S/C13H20Cl2N2O2S2/c1-4-10(8-20-3)17(2)21(18,19)13-5-9(7-16)11(14)6-12(13)15/h5-6,10H,4,7-8,16H2,1-3H3. The molecule has 0 spiro atoms. The molecular weight excluding hydrogens is 351 g/mol. The van der Waals surface area contributed by atoms with Crippen LogP contribution < -0.4 is 5.73 Å². The van der Waals surface area contributed by atoms with E-state index < -0.39 is 10.0 Å². The summed E-state index contributed by atoms with van der Waals surface area (Å²) in [4.78, 5) is 0.0519. The molecule has 0 aliphatic rings. The van der Waals surface area contributed by atoms with E-state index in [1.807, 2.05) is 13.2 Å². The number of benzene rings is 1. The molecule has 1 atom stereocenters. The smallest absolute Gasteiger partial charge is 0.244 e. The second-order valence-corrected chi connectivity index (χ2v) is 8.31. The molecule has 1 aromatic carbocycles. The van der Waals surface area contributed by atoms with Crippen molar-refractivity contribution < 1.29 is 8.42 Å². The Labute approximate surface area is 141 Å². The van der Waals surface area contributed by atoms with Crippen LogP contribution in [-0.2, 0) is 16.6 Å². The summed E-state index contributed by atoms with van der Waals surface area (Å²) in [7, 11) is -2.10. The second kappa shape index (κ2) is 8.04. The van der Waals surface area contributed by atoms with E-state index in [1.165, 1.54) is 16.4 Å². The van der Waals surface area contributed by atoms with Crippen molar-refractivity contribution in [2.24, 2.45) is 5.73 Å². The summed E-state index contributed by atoms with van der Waals surface area (Å²) in [6.07, 6.45) is 2.68. The van der Waals surface area contributed by atoms with E-state index in [0.717, 1.165) is 12.2 Å². The van der Waals surface area contributed by atoms with Gasteiger partial charge in [0.25, 0.3) is 0 Å². The van der Waals surface area contributed by atoms with Crippen molar-refractivity contribution in [3.63, 3.8) is 0 Å². The highest BCUT2D eigenvalue weighted by molar-refractivity contribution is 7.98. The van der Waals surface area contributed by atoms with E-state index in [1.54, 1.807) is 18.8 Å². The molecule has 0 bridgehead atoms. The van der Waals surface area contributed by atoms with Crippen LogP contribution >= 0.6 is 35.0 Å². The fourth-order valence-corrected chi connectivity index (χ4v) is 5.16. The number of halogens is 2. The SMILES string of the molecule is CCC(CSC)N(C)S(=O)(=O)c1cc(CN)c(Cl)cc1Cl. The molecule has 1 unspecified atom stereocenters. The summed E-state index contributed by atoms with van der Waals surface area (Å²) in [5.41, 5.74) is 6.14. The van der Waals surface area contributed by atoms with Gasteiger partial charge < -0.3 is 5.73 Å². The molecule has 0 amide bonds. The predicted molar refractivity (Wildman–Crippen MR) is 91.8 cm³/mol. The van der Waals surface area contributed by atoms with E-state index in [9.17, 15) is 8.42 Å². The predicted octanol–water partition coefficient (Wildman–Crippen LogP) is 3.21. The van der Waals surface area contributed by atoms with Gasteiger partial charge in [0.05, 0.1) is 5.02 Å². The number of nitrogens with zero attached hydrogens (tertiary/aromatic N) is 1. The molecule has 0 heterocycles. The molecule has 120 valence electrons. The van der Waals surface area contributed by atoms with Gasteiger partial charge in [-0.15, -0.1) is 0 Å². The van der Waals surface area contributed by atoms with Gasteiger partial charge in [0.15, 0.2) is 0 Å². The lowest BCUT2D eigenvalue weighted by atomic mass is 10.2. The van der Waals surface area contributed by atoms with E-state index in [0.29, 0.717) is 10.6 Å². The normalized spacial score (nSPS) is 13.7. The molecule has 0 aliphatic heterocycles. The molecule has 0 aromatic heterocycles. The molecule has 8 heteroatoms. The minimum absolute atomic E-state index is 0.0519. The molecule has 0 saturated heterocycles. The Morgan fingerprint density at radius 2 is 1.95 bits per heavy atom. The average molecular weight is 371 g/mol. The van der Waals surface area contributed by atoms with E-state index in [-0.39, 0.29) is 22.5 Å². The molecule has 0 radical (unpaired) electrons. The Bertz CT molecular complexity index is 594. The van der Waals surface area contributed by atoms with Crippen LogP contribution in [0.5, 0.6) is 0 Å². The molecule has 0 aliphatic carbocycles. The van der Waals surface area contributed by atoms with Crippen LogP contribution in [-0.4, -0.2) is 37.8 Å². The maximum Gasteiger partial charge on any atom is 0.244 e. The average Bonchev–Trinajstić information content (AvgIpc) is 2.43. The molecule has 2 N–H and O–H groups in total. The lowest BCUT2D eigenvalue weighted by Gasteiger charge is -2.26. The van der Waals surface area contributed by atoms with E-state index in [2.05, 4.69) is 0 Å². The Kier molecular flexibility index (Phi) is 7.30. The summed E-state index contributed by atoms with van der Waals surface area (Å²) in [5, 5.41) is 0.489. The first kappa shape index (κ1) is 19.1. The molecule has 21 heavy (non-hydrogen) atoms. The molecule has 4 nitrogen and oxygen atoms in total. The Morgan fingerprint density at radius 1 is 1.33 bits per heavy atom. The van der Waals surface area contributed by atoms with Crippen LogP contribution in [0.15, 0.2) is 17.0 Å².